The molecule has 3 heteroatoms. The molecule has 1 aromatic heterocycles. The van der Waals surface area contributed by atoms with Gasteiger partial charge in [-0.05, 0) is 31.5 Å². The van der Waals surface area contributed by atoms with Crippen LogP contribution in [0.5, 0.6) is 0 Å². The van der Waals surface area contributed by atoms with Crippen LogP contribution in [0.15, 0.2) is 22.8 Å². The summed E-state index contributed by atoms with van der Waals surface area (Å²) in [7, 11) is 0. The molecule has 2 rings (SSSR count). The van der Waals surface area contributed by atoms with Gasteiger partial charge in [-0.3, -0.25) is 0 Å². The summed E-state index contributed by atoms with van der Waals surface area (Å²) in [6.45, 7) is 3.96. The van der Waals surface area contributed by atoms with E-state index in [1.807, 2.05) is 19.2 Å². The smallest absolute Gasteiger partial charge is 0.125 e. The van der Waals surface area contributed by atoms with Crippen LogP contribution < -0.4 is 0 Å². The Bertz CT molecular complexity index is 466. The SMILES string of the molecule is Cc1ncc2cc(Br)c(C)cc2n1. The summed E-state index contributed by atoms with van der Waals surface area (Å²) in [5, 5.41) is 1.07. The molecule has 1 aromatic carbocycles. The number of aryl methyl sites for hydroxylation is 2. The van der Waals surface area contributed by atoms with E-state index in [0.717, 1.165) is 21.2 Å². The molecule has 0 aliphatic carbocycles. The fourth-order valence-corrected chi connectivity index (χ4v) is 1.61. The topological polar surface area (TPSA) is 25.8 Å². The highest BCUT2D eigenvalue weighted by molar-refractivity contribution is 9.10. The molecule has 2 aromatic rings. The van der Waals surface area contributed by atoms with E-state index in [4.69, 9.17) is 0 Å². The minimum atomic E-state index is 0.814. The zero-order valence-corrected chi connectivity index (χ0v) is 9.09. The molecular weight excluding hydrogens is 228 g/mol. The molecule has 13 heavy (non-hydrogen) atoms. The Hall–Kier alpha value is -0.960. The summed E-state index contributed by atoms with van der Waals surface area (Å²) in [6, 6.07) is 4.11. The van der Waals surface area contributed by atoms with Crippen molar-refractivity contribution in [1.29, 1.82) is 0 Å². The number of fused-ring (bicyclic) bond motifs is 1. The van der Waals surface area contributed by atoms with Gasteiger partial charge < -0.3 is 0 Å². The quantitative estimate of drug-likeness (QED) is 0.703. The highest BCUT2D eigenvalue weighted by Gasteiger charge is 2.00. The van der Waals surface area contributed by atoms with E-state index in [-0.39, 0.29) is 0 Å². The number of benzene rings is 1. The average molecular weight is 237 g/mol. The minimum Gasteiger partial charge on any atom is -0.241 e. The fraction of sp³-hybridized carbons (Fsp3) is 0.200. The zero-order chi connectivity index (χ0) is 9.42. The number of halogens is 1. The molecule has 0 N–H and O–H groups in total. The lowest BCUT2D eigenvalue weighted by atomic mass is 10.2. The predicted molar refractivity (Wildman–Crippen MR) is 56.7 cm³/mol. The van der Waals surface area contributed by atoms with Crippen molar-refractivity contribution in [2.24, 2.45) is 0 Å². The van der Waals surface area contributed by atoms with Crippen LogP contribution in [0.3, 0.4) is 0 Å². The van der Waals surface area contributed by atoms with E-state index >= 15 is 0 Å². The highest BCUT2D eigenvalue weighted by atomic mass is 79.9. The molecule has 0 spiro atoms. The normalized spacial score (nSPS) is 10.7. The molecule has 0 amide bonds. The van der Waals surface area contributed by atoms with Gasteiger partial charge in [-0.2, -0.15) is 0 Å². The largest absolute Gasteiger partial charge is 0.241 e. The summed E-state index contributed by atoms with van der Waals surface area (Å²) in [6.07, 6.45) is 1.85. The van der Waals surface area contributed by atoms with Crippen LogP contribution in [0.4, 0.5) is 0 Å². The number of nitrogens with zero attached hydrogens (tertiary/aromatic N) is 2. The standard InChI is InChI=1S/C10H9BrN2/c1-6-3-10-8(4-9(6)11)5-12-7(2)13-10/h3-5H,1-2H3. The molecular formula is C10H9BrN2. The van der Waals surface area contributed by atoms with Gasteiger partial charge in [0.2, 0.25) is 0 Å². The summed E-state index contributed by atoms with van der Waals surface area (Å²) in [4.78, 5) is 8.49. The van der Waals surface area contributed by atoms with Crippen LogP contribution in [-0.2, 0) is 0 Å². The summed E-state index contributed by atoms with van der Waals surface area (Å²) in [5.74, 6) is 0.814. The maximum atomic E-state index is 4.35. The van der Waals surface area contributed by atoms with Crippen LogP contribution in [0.1, 0.15) is 11.4 Å². The van der Waals surface area contributed by atoms with Gasteiger partial charge >= 0.3 is 0 Å². The highest BCUT2D eigenvalue weighted by Crippen LogP contribution is 2.21. The number of hydrogen-bond donors (Lipinski definition) is 0. The summed E-state index contributed by atoms with van der Waals surface area (Å²) >= 11 is 3.48. The van der Waals surface area contributed by atoms with E-state index in [2.05, 4.69) is 38.9 Å². The fourth-order valence-electron chi connectivity index (χ4n) is 1.25. The lowest BCUT2D eigenvalue weighted by Crippen LogP contribution is -1.88. The maximum Gasteiger partial charge on any atom is 0.125 e. The molecule has 0 fully saturated rings. The number of aromatic nitrogens is 2. The van der Waals surface area contributed by atoms with Crippen molar-refractivity contribution >= 4 is 26.8 Å². The Morgan fingerprint density at radius 3 is 2.77 bits per heavy atom. The molecule has 2 nitrogen and oxygen atoms in total. The van der Waals surface area contributed by atoms with Gasteiger partial charge in [0.15, 0.2) is 0 Å². The van der Waals surface area contributed by atoms with Crippen LogP contribution in [-0.4, -0.2) is 9.97 Å². The van der Waals surface area contributed by atoms with Gasteiger partial charge in [-0.15, -0.1) is 0 Å². The molecule has 0 unspecified atom stereocenters. The third kappa shape index (κ3) is 1.56. The molecule has 0 saturated carbocycles. The second kappa shape index (κ2) is 3.07. The molecule has 0 aliphatic heterocycles. The summed E-state index contributed by atoms with van der Waals surface area (Å²) in [5.41, 5.74) is 2.21. The van der Waals surface area contributed by atoms with Gasteiger partial charge in [0.05, 0.1) is 5.52 Å². The van der Waals surface area contributed by atoms with Crippen molar-refractivity contribution in [3.8, 4) is 0 Å². The van der Waals surface area contributed by atoms with Gasteiger partial charge in [0, 0.05) is 16.1 Å². The minimum absolute atomic E-state index is 0.814. The Balaban J connectivity index is 2.81. The predicted octanol–water partition coefficient (Wildman–Crippen LogP) is 3.01. The van der Waals surface area contributed by atoms with Crippen LogP contribution in [0.2, 0.25) is 0 Å². The van der Waals surface area contributed by atoms with Gasteiger partial charge in [0.1, 0.15) is 5.82 Å². The van der Waals surface area contributed by atoms with Crippen molar-refractivity contribution in [1.82, 2.24) is 9.97 Å². The number of rotatable bonds is 0. The molecule has 0 bridgehead atoms. The van der Waals surface area contributed by atoms with Crippen molar-refractivity contribution in [2.75, 3.05) is 0 Å². The number of hydrogen-bond acceptors (Lipinski definition) is 2. The molecule has 0 aliphatic rings. The monoisotopic (exact) mass is 236 g/mol. The average Bonchev–Trinajstić information content (AvgIpc) is 2.08. The van der Waals surface area contributed by atoms with E-state index in [9.17, 15) is 0 Å². The molecule has 66 valence electrons. The zero-order valence-electron chi connectivity index (χ0n) is 7.50. The second-order valence-corrected chi connectivity index (χ2v) is 3.93. The van der Waals surface area contributed by atoms with E-state index in [1.54, 1.807) is 0 Å². The Kier molecular flexibility index (Phi) is 2.04. The molecule has 0 atom stereocenters. The van der Waals surface area contributed by atoms with Gasteiger partial charge in [0.25, 0.3) is 0 Å². The van der Waals surface area contributed by atoms with Gasteiger partial charge in [-0.1, -0.05) is 15.9 Å². The van der Waals surface area contributed by atoms with Crippen molar-refractivity contribution < 1.29 is 0 Å². The molecule has 0 radical (unpaired) electrons. The Labute approximate surface area is 85.1 Å². The van der Waals surface area contributed by atoms with Crippen molar-refractivity contribution in [2.45, 2.75) is 13.8 Å². The first-order valence-corrected chi connectivity index (χ1v) is 4.85. The van der Waals surface area contributed by atoms with Crippen LogP contribution in [0, 0.1) is 13.8 Å². The third-order valence-electron chi connectivity index (χ3n) is 1.98. The van der Waals surface area contributed by atoms with Crippen LogP contribution in [0.25, 0.3) is 10.9 Å². The first-order valence-electron chi connectivity index (χ1n) is 4.06. The summed E-state index contributed by atoms with van der Waals surface area (Å²) < 4.78 is 1.10. The lowest BCUT2D eigenvalue weighted by Gasteiger charge is -2.01. The van der Waals surface area contributed by atoms with E-state index in [0.29, 0.717) is 0 Å². The van der Waals surface area contributed by atoms with Crippen molar-refractivity contribution in [3.63, 3.8) is 0 Å². The third-order valence-corrected chi connectivity index (χ3v) is 2.83. The van der Waals surface area contributed by atoms with Crippen LogP contribution >= 0.6 is 15.9 Å². The Morgan fingerprint density at radius 1 is 1.23 bits per heavy atom. The first-order chi connectivity index (χ1) is 6.16. The maximum absolute atomic E-state index is 4.35. The first kappa shape index (κ1) is 8.63. The van der Waals surface area contributed by atoms with Gasteiger partial charge in [-0.25, -0.2) is 9.97 Å². The van der Waals surface area contributed by atoms with Crippen molar-refractivity contribution in [3.05, 3.63) is 34.2 Å². The Morgan fingerprint density at radius 2 is 2.00 bits per heavy atom. The van der Waals surface area contributed by atoms with E-state index in [1.165, 1.54) is 5.56 Å². The lowest BCUT2D eigenvalue weighted by molar-refractivity contribution is 1.09. The molecule has 0 saturated heterocycles. The van der Waals surface area contributed by atoms with E-state index < -0.39 is 0 Å². The molecule has 1 heterocycles. The second-order valence-electron chi connectivity index (χ2n) is 3.08.